The Hall–Kier alpha value is -2.49. The summed E-state index contributed by atoms with van der Waals surface area (Å²) < 4.78 is 38.1. The Morgan fingerprint density at radius 1 is 1.12 bits per heavy atom. The lowest BCUT2D eigenvalue weighted by Gasteiger charge is -2.46. The maximum atomic E-state index is 12.9. The van der Waals surface area contributed by atoms with Crippen LogP contribution in [0.2, 0.25) is 0 Å². The minimum atomic E-state index is -3.77. The van der Waals surface area contributed by atoms with Crippen molar-refractivity contribution in [2.75, 3.05) is 17.9 Å². The van der Waals surface area contributed by atoms with Gasteiger partial charge in [0.15, 0.2) is 0 Å². The summed E-state index contributed by atoms with van der Waals surface area (Å²) in [6, 6.07) is 16.5. The molecule has 9 heteroatoms. The maximum absolute atomic E-state index is 12.9. The Labute approximate surface area is 205 Å². The zero-order valence-corrected chi connectivity index (χ0v) is 21.1. The van der Waals surface area contributed by atoms with E-state index in [9.17, 15) is 8.42 Å². The molecule has 0 radical (unpaired) electrons. The number of rotatable bonds is 6. The first-order valence-electron chi connectivity index (χ1n) is 11.8. The van der Waals surface area contributed by atoms with Gasteiger partial charge in [-0.1, -0.05) is 50.2 Å². The van der Waals surface area contributed by atoms with Crippen molar-refractivity contribution in [3.05, 3.63) is 66.0 Å². The van der Waals surface area contributed by atoms with Gasteiger partial charge in [-0.15, -0.1) is 0 Å². The number of benzene rings is 2. The number of sulfonamides is 1. The Bertz CT molecular complexity index is 1220. The second-order valence-electron chi connectivity index (χ2n) is 9.40. The van der Waals surface area contributed by atoms with Crippen LogP contribution in [0.4, 0.5) is 5.13 Å². The molecule has 0 aliphatic carbocycles. The van der Waals surface area contributed by atoms with Crippen LogP contribution in [0.25, 0.3) is 0 Å². The van der Waals surface area contributed by atoms with Crippen LogP contribution in [0.1, 0.15) is 56.3 Å². The fraction of sp³-hybridized carbons (Fsp3) is 0.440. The minimum Gasteiger partial charge on any atom is -0.493 e. The average molecular weight is 499 g/mol. The first-order valence-corrected chi connectivity index (χ1v) is 14.0. The highest BCUT2D eigenvalue weighted by atomic mass is 32.2. The van der Waals surface area contributed by atoms with Crippen molar-refractivity contribution in [1.82, 2.24) is 14.3 Å². The molecular weight excluding hydrogens is 468 g/mol. The summed E-state index contributed by atoms with van der Waals surface area (Å²) in [5.74, 6) is 2.00. The highest BCUT2D eigenvalue weighted by Gasteiger charge is 2.38. The fourth-order valence-corrected chi connectivity index (χ4v) is 6.92. The molecule has 1 N–H and O–H groups in total. The molecule has 0 bridgehead atoms. The molecule has 0 unspecified atom stereocenters. The monoisotopic (exact) mass is 498 g/mol. The van der Waals surface area contributed by atoms with E-state index in [1.807, 2.05) is 6.07 Å². The van der Waals surface area contributed by atoms with Gasteiger partial charge in [0.25, 0.3) is 10.0 Å². The number of fused-ring (bicyclic) bond motifs is 1. The van der Waals surface area contributed by atoms with Crippen molar-refractivity contribution < 1.29 is 13.2 Å². The van der Waals surface area contributed by atoms with Gasteiger partial charge in [0.2, 0.25) is 5.13 Å². The van der Waals surface area contributed by atoms with Crippen molar-refractivity contribution in [2.24, 2.45) is 11.8 Å². The van der Waals surface area contributed by atoms with Crippen molar-refractivity contribution in [3.63, 3.8) is 0 Å². The van der Waals surface area contributed by atoms with Crippen LogP contribution in [0.3, 0.4) is 0 Å². The number of nitrogens with one attached hydrogen (secondary N) is 1. The van der Waals surface area contributed by atoms with E-state index >= 15 is 0 Å². The highest BCUT2D eigenvalue weighted by Crippen LogP contribution is 2.46. The molecule has 0 amide bonds. The van der Waals surface area contributed by atoms with E-state index < -0.39 is 10.0 Å². The van der Waals surface area contributed by atoms with Crippen LogP contribution < -0.4 is 9.46 Å². The first-order chi connectivity index (χ1) is 16.4. The molecule has 2 aliphatic heterocycles. The van der Waals surface area contributed by atoms with Crippen molar-refractivity contribution in [2.45, 2.75) is 50.1 Å². The van der Waals surface area contributed by atoms with E-state index in [-0.39, 0.29) is 16.1 Å². The van der Waals surface area contributed by atoms with E-state index in [1.165, 1.54) is 18.3 Å². The van der Waals surface area contributed by atoms with E-state index in [4.69, 9.17) is 4.74 Å². The summed E-state index contributed by atoms with van der Waals surface area (Å²) in [6.45, 7) is 6.23. The van der Waals surface area contributed by atoms with Gasteiger partial charge in [0, 0.05) is 41.7 Å². The summed E-state index contributed by atoms with van der Waals surface area (Å²) in [5, 5.41) is 0.246. The van der Waals surface area contributed by atoms with Crippen LogP contribution in [-0.2, 0) is 10.0 Å². The van der Waals surface area contributed by atoms with Gasteiger partial charge >= 0.3 is 0 Å². The fourth-order valence-electron chi connectivity index (χ4n) is 5.25. The molecule has 7 nitrogen and oxygen atoms in total. The SMILES string of the molecule is CC(C)[C@H]1CCN([C@@H]2CCOc3cc(S(=O)(=O)Nc4ncns4)ccc32)[C@@H](c2ccccc2)C1. The number of aromatic nitrogens is 2. The van der Waals surface area contributed by atoms with Gasteiger partial charge in [-0.05, 0) is 42.9 Å². The molecule has 3 aromatic rings. The number of nitrogens with zero attached hydrogens (tertiary/aromatic N) is 3. The van der Waals surface area contributed by atoms with Crippen molar-refractivity contribution >= 4 is 26.7 Å². The maximum Gasteiger partial charge on any atom is 0.263 e. The van der Waals surface area contributed by atoms with E-state index in [1.54, 1.807) is 12.1 Å². The predicted octanol–water partition coefficient (Wildman–Crippen LogP) is 5.27. The lowest BCUT2D eigenvalue weighted by molar-refractivity contribution is 0.0346. The largest absolute Gasteiger partial charge is 0.493 e. The third-order valence-corrected chi connectivity index (χ3v) is 9.14. The topological polar surface area (TPSA) is 84.4 Å². The quantitative estimate of drug-likeness (QED) is 0.498. The standard InChI is InChI=1S/C25H30N4O3S2/c1-17(2)19-10-12-29(23(14-19)18-6-4-3-5-7-18)22-11-13-32-24-15-20(8-9-21(22)24)34(30,31)28-25-26-16-27-33-25/h3-9,15-17,19,22-23H,10-14H2,1-2H3,(H,26,27,28)/t19-,22+,23+/m0/s1. The molecule has 2 aliphatic rings. The summed E-state index contributed by atoms with van der Waals surface area (Å²) in [5.41, 5.74) is 2.41. The highest BCUT2D eigenvalue weighted by molar-refractivity contribution is 7.93. The van der Waals surface area contributed by atoms with Crippen LogP contribution in [-0.4, -0.2) is 35.8 Å². The van der Waals surface area contributed by atoms with Gasteiger partial charge in [0.1, 0.15) is 12.1 Å². The second kappa shape index (κ2) is 9.64. The lowest BCUT2D eigenvalue weighted by atomic mass is 9.79. The molecule has 5 rings (SSSR count). The van der Waals surface area contributed by atoms with E-state index in [2.05, 4.69) is 63.2 Å². The molecule has 180 valence electrons. The molecule has 3 heterocycles. The summed E-state index contributed by atoms with van der Waals surface area (Å²) in [7, 11) is -3.77. The summed E-state index contributed by atoms with van der Waals surface area (Å²) >= 11 is 1.00. The van der Waals surface area contributed by atoms with Crippen LogP contribution in [0.5, 0.6) is 5.75 Å². The van der Waals surface area contributed by atoms with Gasteiger partial charge in [-0.2, -0.15) is 4.37 Å². The van der Waals surface area contributed by atoms with Crippen molar-refractivity contribution in [3.8, 4) is 5.75 Å². The van der Waals surface area contributed by atoms with Gasteiger partial charge in [-0.3, -0.25) is 9.62 Å². The molecule has 1 saturated heterocycles. The molecular formula is C25H30N4O3S2. The van der Waals surface area contributed by atoms with Crippen LogP contribution in [0.15, 0.2) is 59.8 Å². The Balaban J connectivity index is 1.45. The van der Waals surface area contributed by atoms with E-state index in [0.717, 1.165) is 36.5 Å². The summed E-state index contributed by atoms with van der Waals surface area (Å²) in [6.07, 6.45) is 4.52. The van der Waals surface area contributed by atoms with Crippen LogP contribution >= 0.6 is 11.5 Å². The summed E-state index contributed by atoms with van der Waals surface area (Å²) in [4.78, 5) is 6.70. The normalized spacial score (nSPS) is 23.3. The Morgan fingerprint density at radius 2 is 1.94 bits per heavy atom. The molecule has 2 aromatic carbocycles. The van der Waals surface area contributed by atoms with E-state index in [0.29, 0.717) is 30.2 Å². The molecule has 1 aromatic heterocycles. The first kappa shape index (κ1) is 23.3. The Morgan fingerprint density at radius 3 is 2.68 bits per heavy atom. The molecule has 0 saturated carbocycles. The van der Waals surface area contributed by atoms with Gasteiger partial charge in [-0.25, -0.2) is 13.4 Å². The zero-order valence-electron chi connectivity index (χ0n) is 19.4. The van der Waals surface area contributed by atoms with Crippen molar-refractivity contribution in [1.29, 1.82) is 0 Å². The third-order valence-electron chi connectivity index (χ3n) is 7.10. The van der Waals surface area contributed by atoms with Crippen LogP contribution in [0, 0.1) is 11.8 Å². The lowest BCUT2D eigenvalue weighted by Crippen LogP contribution is -2.42. The number of piperidine rings is 1. The number of hydrogen-bond acceptors (Lipinski definition) is 7. The molecule has 34 heavy (non-hydrogen) atoms. The minimum absolute atomic E-state index is 0.167. The second-order valence-corrected chi connectivity index (χ2v) is 11.9. The van der Waals surface area contributed by atoms with Gasteiger partial charge < -0.3 is 4.74 Å². The average Bonchev–Trinajstić information content (AvgIpc) is 3.36. The number of likely N-dealkylation sites (tertiary alicyclic amines) is 1. The molecule has 3 atom stereocenters. The number of hydrogen-bond donors (Lipinski definition) is 1. The molecule has 0 spiro atoms. The smallest absolute Gasteiger partial charge is 0.263 e. The molecule has 1 fully saturated rings. The van der Waals surface area contributed by atoms with Gasteiger partial charge in [0.05, 0.1) is 11.5 Å². The zero-order chi connectivity index (χ0) is 23.7. The number of ether oxygens (including phenoxy) is 1. The number of anilines is 1. The third kappa shape index (κ3) is 4.69. The predicted molar refractivity (Wildman–Crippen MR) is 133 cm³/mol. The Kier molecular flexibility index (Phi) is 6.59.